The number of nitriles is 1. The summed E-state index contributed by atoms with van der Waals surface area (Å²) in [5.41, 5.74) is 7.13. The lowest BCUT2D eigenvalue weighted by molar-refractivity contribution is -0.133. The average molecular weight is 258 g/mol. The predicted molar refractivity (Wildman–Crippen MR) is 73.6 cm³/mol. The number of anilines is 1. The van der Waals surface area contributed by atoms with Crippen molar-refractivity contribution in [2.45, 2.75) is 19.0 Å². The van der Waals surface area contributed by atoms with Gasteiger partial charge in [-0.05, 0) is 19.1 Å². The summed E-state index contributed by atoms with van der Waals surface area (Å²) in [4.78, 5) is 15.9. The zero-order valence-corrected chi connectivity index (χ0v) is 11.2. The predicted octanol–water partition coefficient (Wildman–Crippen LogP) is 0.552. The van der Waals surface area contributed by atoms with E-state index in [1.165, 1.54) is 0 Å². The van der Waals surface area contributed by atoms with Crippen LogP contribution in [0.15, 0.2) is 24.3 Å². The Bertz CT molecular complexity index is 522. The highest BCUT2D eigenvalue weighted by molar-refractivity contribution is 5.87. The first-order chi connectivity index (χ1) is 9.10. The molecule has 1 heterocycles. The molecule has 19 heavy (non-hydrogen) atoms. The van der Waals surface area contributed by atoms with Gasteiger partial charge in [0, 0.05) is 26.2 Å². The second-order valence-corrected chi connectivity index (χ2v) is 4.86. The third kappa shape index (κ3) is 2.27. The van der Waals surface area contributed by atoms with E-state index in [4.69, 9.17) is 5.73 Å². The summed E-state index contributed by atoms with van der Waals surface area (Å²) in [6.07, 6.45) is 0. The molecule has 1 aromatic carbocycles. The van der Waals surface area contributed by atoms with Crippen molar-refractivity contribution in [3.05, 3.63) is 29.8 Å². The van der Waals surface area contributed by atoms with Gasteiger partial charge in [0.1, 0.15) is 12.1 Å². The highest BCUT2D eigenvalue weighted by Gasteiger charge is 2.37. The first kappa shape index (κ1) is 13.4. The van der Waals surface area contributed by atoms with Crippen molar-refractivity contribution in [2.24, 2.45) is 5.73 Å². The van der Waals surface area contributed by atoms with E-state index in [2.05, 4.69) is 6.07 Å². The van der Waals surface area contributed by atoms with Crippen molar-refractivity contribution in [1.82, 2.24) is 4.90 Å². The molecule has 1 saturated heterocycles. The van der Waals surface area contributed by atoms with Gasteiger partial charge >= 0.3 is 0 Å². The number of amides is 1. The van der Waals surface area contributed by atoms with Gasteiger partial charge in [-0.25, -0.2) is 0 Å². The van der Waals surface area contributed by atoms with Crippen LogP contribution in [0.5, 0.6) is 0 Å². The van der Waals surface area contributed by atoms with Crippen LogP contribution in [-0.2, 0) is 4.79 Å². The topological polar surface area (TPSA) is 73.4 Å². The molecule has 0 aromatic heterocycles. The van der Waals surface area contributed by atoms with E-state index in [9.17, 15) is 10.1 Å². The van der Waals surface area contributed by atoms with Crippen LogP contribution < -0.4 is 10.6 Å². The minimum atomic E-state index is -0.400. The van der Waals surface area contributed by atoms with Gasteiger partial charge in [0.25, 0.3) is 0 Å². The van der Waals surface area contributed by atoms with E-state index >= 15 is 0 Å². The number of carbonyl (C=O) groups is 1. The van der Waals surface area contributed by atoms with Crippen LogP contribution in [0.3, 0.4) is 0 Å². The molecule has 0 radical (unpaired) electrons. The smallest absolute Gasteiger partial charge is 0.246 e. The molecule has 1 aliphatic rings. The maximum absolute atomic E-state index is 12.2. The fraction of sp³-hybridized carbons (Fsp3) is 0.429. The largest absolute Gasteiger partial charge is 0.353 e. The molecule has 2 unspecified atom stereocenters. The number of nitrogens with two attached hydrogens (primary N) is 1. The minimum Gasteiger partial charge on any atom is -0.353 e. The van der Waals surface area contributed by atoms with Crippen molar-refractivity contribution >= 4 is 11.6 Å². The highest BCUT2D eigenvalue weighted by atomic mass is 16.2. The lowest BCUT2D eigenvalue weighted by atomic mass is 10.0. The van der Waals surface area contributed by atoms with Crippen LogP contribution in [0.1, 0.15) is 12.5 Å². The highest BCUT2D eigenvalue weighted by Crippen LogP contribution is 2.27. The molecule has 5 nitrogen and oxygen atoms in total. The number of benzene rings is 1. The van der Waals surface area contributed by atoms with Gasteiger partial charge in [-0.3, -0.25) is 4.79 Å². The number of hydrogen-bond donors (Lipinski definition) is 1. The second kappa shape index (κ2) is 5.29. The van der Waals surface area contributed by atoms with Gasteiger partial charge in [0.05, 0.1) is 11.3 Å². The summed E-state index contributed by atoms with van der Waals surface area (Å²) < 4.78 is 0. The van der Waals surface area contributed by atoms with Crippen LogP contribution in [0, 0.1) is 11.3 Å². The molecule has 5 heteroatoms. The lowest BCUT2D eigenvalue weighted by Crippen LogP contribution is -2.62. The minimum absolute atomic E-state index is 0.00772. The lowest BCUT2D eigenvalue weighted by Gasteiger charge is -2.45. The Balaban J connectivity index is 2.46. The van der Waals surface area contributed by atoms with E-state index in [1.807, 2.05) is 30.0 Å². The Morgan fingerprint density at radius 2 is 2.16 bits per heavy atom. The Morgan fingerprint density at radius 1 is 1.47 bits per heavy atom. The Hall–Kier alpha value is -2.06. The standard InChI is InChI=1S/C14H18N4O/c1-10-9-17(2)14(19)13(8-16)18(10)12-6-4-3-5-11(12)7-15/h3-6,10,13H,8-9,16H2,1-2H3. The quantitative estimate of drug-likeness (QED) is 0.841. The Morgan fingerprint density at radius 3 is 2.79 bits per heavy atom. The molecule has 2 N–H and O–H groups in total. The average Bonchev–Trinajstić information content (AvgIpc) is 2.42. The fourth-order valence-corrected chi connectivity index (χ4v) is 2.67. The van der Waals surface area contributed by atoms with Gasteiger partial charge in [0.2, 0.25) is 5.91 Å². The summed E-state index contributed by atoms with van der Waals surface area (Å²) in [5.74, 6) is 0.00772. The van der Waals surface area contributed by atoms with Crippen LogP contribution in [0.2, 0.25) is 0 Å². The van der Waals surface area contributed by atoms with Crippen LogP contribution in [0.25, 0.3) is 0 Å². The summed E-state index contributed by atoms with van der Waals surface area (Å²) in [5, 5.41) is 9.21. The van der Waals surface area contributed by atoms with E-state index in [0.717, 1.165) is 5.69 Å². The number of piperazine rings is 1. The summed E-state index contributed by atoms with van der Waals surface area (Å²) in [7, 11) is 1.79. The van der Waals surface area contributed by atoms with E-state index < -0.39 is 6.04 Å². The molecule has 1 amide bonds. The first-order valence-electron chi connectivity index (χ1n) is 6.32. The number of likely N-dealkylation sites (N-methyl/N-ethyl adjacent to an activating group) is 1. The summed E-state index contributed by atoms with van der Waals surface area (Å²) in [6, 6.07) is 9.24. The third-order valence-corrected chi connectivity index (χ3v) is 3.54. The van der Waals surface area contributed by atoms with Gasteiger partial charge in [0.15, 0.2) is 0 Å². The van der Waals surface area contributed by atoms with Gasteiger partial charge in [-0.15, -0.1) is 0 Å². The van der Waals surface area contributed by atoms with Crippen LogP contribution >= 0.6 is 0 Å². The van der Waals surface area contributed by atoms with E-state index in [-0.39, 0.29) is 18.5 Å². The monoisotopic (exact) mass is 258 g/mol. The zero-order chi connectivity index (χ0) is 14.0. The number of para-hydroxylation sites is 1. The van der Waals surface area contributed by atoms with Gasteiger partial charge < -0.3 is 15.5 Å². The SMILES string of the molecule is CC1CN(C)C(=O)C(CN)N1c1ccccc1C#N. The maximum Gasteiger partial charge on any atom is 0.246 e. The number of hydrogen-bond acceptors (Lipinski definition) is 4. The zero-order valence-electron chi connectivity index (χ0n) is 11.2. The van der Waals surface area contributed by atoms with E-state index in [0.29, 0.717) is 12.1 Å². The maximum atomic E-state index is 12.2. The molecule has 2 rings (SSSR count). The Labute approximate surface area is 113 Å². The molecule has 100 valence electrons. The fourth-order valence-electron chi connectivity index (χ4n) is 2.67. The molecule has 1 aliphatic heterocycles. The van der Waals surface area contributed by atoms with Gasteiger partial charge in [-0.1, -0.05) is 12.1 Å². The molecule has 0 spiro atoms. The normalized spacial score (nSPS) is 23.4. The number of carbonyl (C=O) groups excluding carboxylic acids is 1. The second-order valence-electron chi connectivity index (χ2n) is 4.86. The molecule has 0 bridgehead atoms. The summed E-state index contributed by atoms with van der Waals surface area (Å²) >= 11 is 0. The Kier molecular flexibility index (Phi) is 3.72. The molecule has 1 fully saturated rings. The molecule has 2 atom stereocenters. The van der Waals surface area contributed by atoms with E-state index in [1.54, 1.807) is 18.0 Å². The first-order valence-corrected chi connectivity index (χ1v) is 6.32. The number of rotatable bonds is 2. The molecule has 0 saturated carbocycles. The van der Waals surface area contributed by atoms with Crippen LogP contribution in [0.4, 0.5) is 5.69 Å². The van der Waals surface area contributed by atoms with Crippen molar-refractivity contribution in [2.75, 3.05) is 25.0 Å². The van der Waals surface area contributed by atoms with Crippen molar-refractivity contribution in [1.29, 1.82) is 5.26 Å². The summed E-state index contributed by atoms with van der Waals surface area (Å²) in [6.45, 7) is 2.92. The molecule has 1 aromatic rings. The van der Waals surface area contributed by atoms with Gasteiger partial charge in [-0.2, -0.15) is 5.26 Å². The molecular weight excluding hydrogens is 240 g/mol. The molecule has 0 aliphatic carbocycles. The van der Waals surface area contributed by atoms with Crippen molar-refractivity contribution < 1.29 is 4.79 Å². The van der Waals surface area contributed by atoms with Crippen molar-refractivity contribution in [3.8, 4) is 6.07 Å². The number of nitrogens with zero attached hydrogens (tertiary/aromatic N) is 3. The van der Waals surface area contributed by atoms with Crippen LogP contribution in [-0.4, -0.2) is 43.0 Å². The third-order valence-electron chi connectivity index (χ3n) is 3.54. The molecular formula is C14H18N4O. The van der Waals surface area contributed by atoms with Crippen molar-refractivity contribution in [3.63, 3.8) is 0 Å².